The Bertz CT molecular complexity index is 1010. The predicted molar refractivity (Wildman–Crippen MR) is 116 cm³/mol. The number of fused-ring (bicyclic) bond motifs is 1. The maximum atomic E-state index is 12.8. The zero-order chi connectivity index (χ0) is 21.8. The van der Waals surface area contributed by atoms with Crippen molar-refractivity contribution in [2.45, 2.75) is 55.4 Å². The molecule has 2 heterocycles. The lowest BCUT2D eigenvalue weighted by atomic mass is 9.96. The Morgan fingerprint density at radius 1 is 1.06 bits per heavy atom. The number of sulfonamides is 1. The van der Waals surface area contributed by atoms with E-state index in [0.29, 0.717) is 25.9 Å². The van der Waals surface area contributed by atoms with Crippen LogP contribution in [-0.2, 0) is 32.5 Å². The first-order chi connectivity index (χ1) is 15.0. The number of rotatable bonds is 6. The zero-order valence-electron chi connectivity index (χ0n) is 17.3. The molecule has 0 bridgehead atoms. The van der Waals surface area contributed by atoms with E-state index in [1.165, 1.54) is 23.3 Å². The average molecular weight is 445 g/mol. The number of hydrogen-bond acceptors (Lipinski definition) is 5. The third-order valence-corrected chi connectivity index (χ3v) is 7.55. The van der Waals surface area contributed by atoms with Gasteiger partial charge >= 0.3 is 0 Å². The van der Waals surface area contributed by atoms with Gasteiger partial charge < -0.3 is 14.7 Å². The van der Waals surface area contributed by atoms with Crippen molar-refractivity contribution in [2.24, 2.45) is 0 Å². The summed E-state index contributed by atoms with van der Waals surface area (Å²) in [6.07, 6.45) is 1.10. The summed E-state index contributed by atoms with van der Waals surface area (Å²) in [4.78, 5) is 14.9. The highest BCUT2D eigenvalue weighted by atomic mass is 32.2. The van der Waals surface area contributed by atoms with Crippen LogP contribution in [0.2, 0.25) is 0 Å². The number of amides is 1. The van der Waals surface area contributed by atoms with Gasteiger partial charge in [-0.15, -0.1) is 0 Å². The van der Waals surface area contributed by atoms with Gasteiger partial charge in [-0.05, 0) is 42.5 Å². The van der Waals surface area contributed by atoms with Crippen molar-refractivity contribution in [1.29, 1.82) is 0 Å². The molecule has 7 nitrogen and oxygen atoms in total. The molecule has 3 atom stereocenters. The number of hydrogen-bond donors (Lipinski definition) is 2. The number of ether oxygens (including phenoxy) is 1. The Balaban J connectivity index is 1.34. The standard InChI is InChI=1S/C23H28N2O5S/c26-16-22-21(24-31(28,29)20-8-2-1-3-9-20)11-10-19(30-22)14-23(27)25-13-12-17-6-4-5-7-18(17)15-25/h1-9,19,21-22,24,26H,10-16H2/t19-,21-,22-/m0/s1. The maximum Gasteiger partial charge on any atom is 0.240 e. The second-order valence-electron chi connectivity index (χ2n) is 8.14. The molecule has 0 unspecified atom stereocenters. The Morgan fingerprint density at radius 3 is 2.52 bits per heavy atom. The zero-order valence-corrected chi connectivity index (χ0v) is 18.1. The fourth-order valence-electron chi connectivity index (χ4n) is 4.32. The van der Waals surface area contributed by atoms with Crippen molar-refractivity contribution >= 4 is 15.9 Å². The molecule has 8 heteroatoms. The number of nitrogens with one attached hydrogen (secondary N) is 1. The van der Waals surface area contributed by atoms with Gasteiger partial charge in [0.2, 0.25) is 15.9 Å². The first kappa shape index (κ1) is 22.0. The molecule has 31 heavy (non-hydrogen) atoms. The first-order valence-electron chi connectivity index (χ1n) is 10.6. The van der Waals surface area contributed by atoms with Crippen molar-refractivity contribution < 1.29 is 23.1 Å². The lowest BCUT2D eigenvalue weighted by molar-refractivity contribution is -0.140. The average Bonchev–Trinajstić information content (AvgIpc) is 2.80. The van der Waals surface area contributed by atoms with E-state index in [1.54, 1.807) is 18.2 Å². The highest BCUT2D eigenvalue weighted by Gasteiger charge is 2.35. The first-order valence-corrected chi connectivity index (χ1v) is 12.1. The van der Waals surface area contributed by atoms with Gasteiger partial charge in [-0.2, -0.15) is 0 Å². The van der Waals surface area contributed by atoms with Crippen LogP contribution in [0.15, 0.2) is 59.5 Å². The monoisotopic (exact) mass is 444 g/mol. The summed E-state index contributed by atoms with van der Waals surface area (Å²) >= 11 is 0. The summed E-state index contributed by atoms with van der Waals surface area (Å²) in [7, 11) is -3.71. The molecule has 2 N–H and O–H groups in total. The normalized spacial score (nSPS) is 23.9. The van der Waals surface area contributed by atoms with Crippen LogP contribution in [0.4, 0.5) is 0 Å². The molecule has 2 aromatic carbocycles. The van der Waals surface area contributed by atoms with Crippen molar-refractivity contribution in [3.63, 3.8) is 0 Å². The van der Waals surface area contributed by atoms with Gasteiger partial charge in [0.25, 0.3) is 0 Å². The second-order valence-corrected chi connectivity index (χ2v) is 9.85. The number of benzene rings is 2. The van der Waals surface area contributed by atoms with Gasteiger partial charge in [-0.1, -0.05) is 42.5 Å². The van der Waals surface area contributed by atoms with Crippen LogP contribution >= 0.6 is 0 Å². The van der Waals surface area contributed by atoms with Gasteiger partial charge in [0, 0.05) is 13.1 Å². The molecule has 166 valence electrons. The molecule has 2 aliphatic rings. The van der Waals surface area contributed by atoms with E-state index in [4.69, 9.17) is 4.74 Å². The topological polar surface area (TPSA) is 95.9 Å². The Kier molecular flexibility index (Phi) is 6.71. The van der Waals surface area contributed by atoms with Crippen LogP contribution in [0, 0.1) is 0 Å². The van der Waals surface area contributed by atoms with E-state index in [2.05, 4.69) is 16.9 Å². The van der Waals surface area contributed by atoms with Gasteiger partial charge in [-0.3, -0.25) is 4.79 Å². The number of aliphatic hydroxyl groups is 1. The third-order valence-electron chi connectivity index (χ3n) is 6.04. The number of carbonyl (C=O) groups excluding carboxylic acids is 1. The number of carbonyl (C=O) groups is 1. The van der Waals surface area contributed by atoms with E-state index in [0.717, 1.165) is 6.42 Å². The van der Waals surface area contributed by atoms with Crippen molar-refractivity contribution in [3.05, 3.63) is 65.7 Å². The lowest BCUT2D eigenvalue weighted by Gasteiger charge is -2.37. The van der Waals surface area contributed by atoms with Gasteiger partial charge in [0.05, 0.1) is 36.2 Å². The molecule has 2 aromatic rings. The van der Waals surface area contributed by atoms with E-state index >= 15 is 0 Å². The van der Waals surface area contributed by atoms with Crippen LogP contribution in [0.5, 0.6) is 0 Å². The Morgan fingerprint density at radius 2 is 1.77 bits per heavy atom. The number of aliphatic hydroxyl groups excluding tert-OH is 1. The maximum absolute atomic E-state index is 12.8. The largest absolute Gasteiger partial charge is 0.394 e. The van der Waals surface area contributed by atoms with Crippen LogP contribution in [0.1, 0.15) is 30.4 Å². The van der Waals surface area contributed by atoms with Crippen molar-refractivity contribution in [1.82, 2.24) is 9.62 Å². The molecular weight excluding hydrogens is 416 g/mol. The second kappa shape index (κ2) is 9.48. The lowest BCUT2D eigenvalue weighted by Crippen LogP contribution is -2.51. The fourth-order valence-corrected chi connectivity index (χ4v) is 5.64. The third kappa shape index (κ3) is 5.15. The Hall–Kier alpha value is -2.26. The molecule has 0 aromatic heterocycles. The molecule has 0 radical (unpaired) electrons. The molecule has 1 fully saturated rings. The van der Waals surface area contributed by atoms with E-state index in [9.17, 15) is 18.3 Å². The van der Waals surface area contributed by atoms with Crippen LogP contribution in [0.25, 0.3) is 0 Å². The number of nitrogens with zero attached hydrogens (tertiary/aromatic N) is 1. The fraction of sp³-hybridized carbons (Fsp3) is 0.435. The van der Waals surface area contributed by atoms with Gasteiger partial charge in [0.1, 0.15) is 0 Å². The molecule has 0 spiro atoms. The van der Waals surface area contributed by atoms with Gasteiger partial charge in [0.15, 0.2) is 0 Å². The minimum absolute atomic E-state index is 0.0273. The summed E-state index contributed by atoms with van der Waals surface area (Å²) in [5.41, 5.74) is 2.46. The SMILES string of the molecule is O=C(C[C@@H]1CC[C@H](NS(=O)(=O)c2ccccc2)[C@H](CO)O1)N1CCc2ccccc2C1. The molecule has 0 saturated carbocycles. The molecule has 4 rings (SSSR count). The van der Waals surface area contributed by atoms with E-state index < -0.39 is 22.2 Å². The molecular formula is C23H28N2O5S. The van der Waals surface area contributed by atoms with Crippen molar-refractivity contribution in [3.8, 4) is 0 Å². The molecule has 0 aliphatic carbocycles. The summed E-state index contributed by atoms with van der Waals surface area (Å²) < 4.78 is 33.8. The minimum atomic E-state index is -3.71. The van der Waals surface area contributed by atoms with Crippen LogP contribution in [0.3, 0.4) is 0 Å². The molecule has 2 aliphatic heterocycles. The smallest absolute Gasteiger partial charge is 0.240 e. The highest BCUT2D eigenvalue weighted by molar-refractivity contribution is 7.89. The predicted octanol–water partition coefficient (Wildman–Crippen LogP) is 1.85. The van der Waals surface area contributed by atoms with Crippen molar-refractivity contribution in [2.75, 3.05) is 13.2 Å². The minimum Gasteiger partial charge on any atom is -0.394 e. The van der Waals surface area contributed by atoms with Crippen LogP contribution in [-0.4, -0.2) is 55.7 Å². The van der Waals surface area contributed by atoms with Gasteiger partial charge in [-0.25, -0.2) is 13.1 Å². The summed E-state index contributed by atoms with van der Waals surface area (Å²) in [6, 6.07) is 15.7. The summed E-state index contributed by atoms with van der Waals surface area (Å²) in [5, 5.41) is 9.78. The molecule has 1 amide bonds. The quantitative estimate of drug-likeness (QED) is 0.709. The highest BCUT2D eigenvalue weighted by Crippen LogP contribution is 2.25. The van der Waals surface area contributed by atoms with E-state index in [1.807, 2.05) is 17.0 Å². The summed E-state index contributed by atoms with van der Waals surface area (Å²) in [5.74, 6) is 0.0273. The molecule has 1 saturated heterocycles. The van der Waals surface area contributed by atoms with Crippen LogP contribution < -0.4 is 4.72 Å². The summed E-state index contributed by atoms with van der Waals surface area (Å²) in [6.45, 7) is 0.972. The van der Waals surface area contributed by atoms with E-state index in [-0.39, 0.29) is 29.9 Å². The Labute approximate surface area is 183 Å².